The molecule has 1 fully saturated rings. The highest BCUT2D eigenvalue weighted by Crippen LogP contribution is 2.38. The number of nitrogens with zero attached hydrogens (tertiary/aromatic N) is 1. The van der Waals surface area contributed by atoms with Crippen molar-refractivity contribution in [3.8, 4) is 6.07 Å². The van der Waals surface area contributed by atoms with E-state index in [0.717, 1.165) is 16.7 Å². The molecule has 4 nitrogen and oxygen atoms in total. The minimum Gasteiger partial charge on any atom is -0.337 e. The number of nitriles is 1. The number of hydrogen-bond acceptors (Lipinski definition) is 3. The van der Waals surface area contributed by atoms with E-state index in [0.29, 0.717) is 0 Å². The van der Waals surface area contributed by atoms with Gasteiger partial charge in [0.2, 0.25) is 5.91 Å². The van der Waals surface area contributed by atoms with Crippen LogP contribution in [0.4, 0.5) is 0 Å². The fraction of sp³-hybridized carbons (Fsp3) is 0.130. The molecule has 0 saturated carbocycles. The molecule has 4 rings (SSSR count). The first kappa shape index (κ1) is 17.0. The van der Waals surface area contributed by atoms with E-state index in [9.17, 15) is 10.1 Å². The average molecular weight is 353 g/mol. The summed E-state index contributed by atoms with van der Waals surface area (Å²) >= 11 is 0. The quantitative estimate of drug-likeness (QED) is 0.547. The lowest BCUT2D eigenvalue weighted by Gasteiger charge is -2.44. The number of β-lactam (4-membered cyclic amide) rings is 1. The molecule has 1 amide bonds. The van der Waals surface area contributed by atoms with Crippen LogP contribution in [0.15, 0.2) is 91.0 Å². The van der Waals surface area contributed by atoms with E-state index in [-0.39, 0.29) is 5.91 Å². The molecule has 1 saturated heterocycles. The Hall–Kier alpha value is -3.42. The summed E-state index contributed by atoms with van der Waals surface area (Å²) in [6, 6.07) is 31.1. The van der Waals surface area contributed by atoms with Crippen molar-refractivity contribution in [2.45, 2.75) is 17.6 Å². The molecule has 132 valence electrons. The molecule has 1 aliphatic heterocycles. The molecule has 0 aromatic heterocycles. The Balaban J connectivity index is 1.95. The Labute approximate surface area is 158 Å². The second-order valence-corrected chi connectivity index (χ2v) is 6.59. The largest absolute Gasteiger partial charge is 0.337 e. The third-order valence-corrected chi connectivity index (χ3v) is 5.05. The van der Waals surface area contributed by atoms with Crippen LogP contribution >= 0.6 is 0 Å². The molecule has 27 heavy (non-hydrogen) atoms. The summed E-state index contributed by atoms with van der Waals surface area (Å²) in [5.41, 5.74) is 2.29. The number of amides is 1. The zero-order valence-electron chi connectivity index (χ0n) is 14.7. The lowest BCUT2D eigenvalue weighted by molar-refractivity contribution is -0.130. The topological polar surface area (TPSA) is 64.9 Å². The van der Waals surface area contributed by atoms with Gasteiger partial charge in [0.1, 0.15) is 12.1 Å². The van der Waals surface area contributed by atoms with E-state index in [2.05, 4.69) is 16.7 Å². The summed E-state index contributed by atoms with van der Waals surface area (Å²) in [4.78, 5) is 12.2. The van der Waals surface area contributed by atoms with E-state index in [1.807, 2.05) is 91.0 Å². The summed E-state index contributed by atoms with van der Waals surface area (Å²) in [5.74, 6) is -0.159. The minimum absolute atomic E-state index is 0.159. The molecule has 4 heteroatoms. The van der Waals surface area contributed by atoms with Gasteiger partial charge in [-0.15, -0.1) is 0 Å². The van der Waals surface area contributed by atoms with E-state index in [4.69, 9.17) is 0 Å². The van der Waals surface area contributed by atoms with Crippen molar-refractivity contribution in [2.24, 2.45) is 0 Å². The van der Waals surface area contributed by atoms with Crippen LogP contribution in [0.25, 0.3) is 0 Å². The van der Waals surface area contributed by atoms with Crippen molar-refractivity contribution in [1.29, 1.82) is 5.26 Å². The van der Waals surface area contributed by atoms with Crippen LogP contribution < -0.4 is 10.6 Å². The SMILES string of the molecule is N#C[C@H]1NC(=O)[C@H]1NC(c1ccccc1)(c1ccccc1)c1ccccc1. The highest BCUT2D eigenvalue weighted by Gasteiger charge is 2.47. The molecule has 2 atom stereocenters. The maximum absolute atomic E-state index is 12.2. The Morgan fingerprint density at radius 3 is 1.52 bits per heavy atom. The first-order chi connectivity index (χ1) is 13.3. The van der Waals surface area contributed by atoms with Gasteiger partial charge < -0.3 is 5.32 Å². The maximum Gasteiger partial charge on any atom is 0.241 e. The molecule has 0 bridgehead atoms. The third-order valence-electron chi connectivity index (χ3n) is 5.05. The van der Waals surface area contributed by atoms with Gasteiger partial charge in [0.15, 0.2) is 0 Å². The average Bonchev–Trinajstić information content (AvgIpc) is 2.74. The van der Waals surface area contributed by atoms with Crippen LogP contribution in [-0.4, -0.2) is 18.0 Å². The molecular weight excluding hydrogens is 334 g/mol. The normalized spacial score (nSPS) is 18.9. The summed E-state index contributed by atoms with van der Waals surface area (Å²) in [6.07, 6.45) is 0. The highest BCUT2D eigenvalue weighted by atomic mass is 16.2. The zero-order chi connectivity index (χ0) is 18.7. The number of carbonyl (C=O) groups excluding carboxylic acids is 1. The fourth-order valence-corrected chi connectivity index (χ4v) is 3.68. The van der Waals surface area contributed by atoms with Crippen LogP contribution in [0.2, 0.25) is 0 Å². The first-order valence-electron chi connectivity index (χ1n) is 8.90. The predicted molar refractivity (Wildman–Crippen MR) is 104 cm³/mol. The molecule has 1 aliphatic rings. The van der Waals surface area contributed by atoms with E-state index < -0.39 is 17.6 Å². The second-order valence-electron chi connectivity index (χ2n) is 6.59. The van der Waals surface area contributed by atoms with E-state index in [1.54, 1.807) is 0 Å². The number of hydrogen-bond donors (Lipinski definition) is 2. The maximum atomic E-state index is 12.2. The smallest absolute Gasteiger partial charge is 0.241 e. The van der Waals surface area contributed by atoms with Gasteiger partial charge in [-0.25, -0.2) is 0 Å². The van der Waals surface area contributed by atoms with Gasteiger partial charge in [0, 0.05) is 0 Å². The standard InChI is InChI=1S/C23H19N3O/c24-16-20-21(22(27)25-20)26-23(17-10-4-1-5-11-17,18-12-6-2-7-13-18)19-14-8-3-9-15-19/h1-15,20-21,26H,(H,25,27)/t20-,21+/m1/s1. The Morgan fingerprint density at radius 2 is 1.19 bits per heavy atom. The molecule has 3 aromatic carbocycles. The van der Waals surface area contributed by atoms with Gasteiger partial charge in [-0.2, -0.15) is 5.26 Å². The van der Waals surface area contributed by atoms with Crippen molar-refractivity contribution >= 4 is 5.91 Å². The second kappa shape index (κ2) is 7.06. The van der Waals surface area contributed by atoms with Gasteiger partial charge in [0.25, 0.3) is 0 Å². The van der Waals surface area contributed by atoms with Gasteiger partial charge in [-0.3, -0.25) is 10.1 Å². The van der Waals surface area contributed by atoms with Gasteiger partial charge >= 0.3 is 0 Å². The molecule has 0 radical (unpaired) electrons. The lowest BCUT2D eigenvalue weighted by atomic mass is 9.75. The zero-order valence-corrected chi connectivity index (χ0v) is 14.7. The number of carbonyl (C=O) groups is 1. The number of benzene rings is 3. The molecule has 0 spiro atoms. The van der Waals surface area contributed by atoms with Crippen molar-refractivity contribution < 1.29 is 4.79 Å². The van der Waals surface area contributed by atoms with Crippen molar-refractivity contribution in [3.63, 3.8) is 0 Å². The third kappa shape index (κ3) is 2.88. The van der Waals surface area contributed by atoms with Crippen LogP contribution in [-0.2, 0) is 10.3 Å². The first-order valence-corrected chi connectivity index (χ1v) is 8.90. The van der Waals surface area contributed by atoms with Crippen LogP contribution in [0.3, 0.4) is 0 Å². The van der Waals surface area contributed by atoms with Crippen LogP contribution in [0.1, 0.15) is 16.7 Å². The van der Waals surface area contributed by atoms with Gasteiger partial charge in [-0.1, -0.05) is 91.0 Å². The molecule has 1 heterocycles. The Kier molecular flexibility index (Phi) is 4.45. The summed E-state index contributed by atoms with van der Waals surface area (Å²) in [5, 5.41) is 15.6. The predicted octanol–water partition coefficient (Wildman–Crippen LogP) is 2.96. The van der Waals surface area contributed by atoms with Crippen molar-refractivity contribution in [2.75, 3.05) is 0 Å². The van der Waals surface area contributed by atoms with Crippen molar-refractivity contribution in [3.05, 3.63) is 108 Å². The number of rotatable bonds is 5. The van der Waals surface area contributed by atoms with Gasteiger partial charge in [0.05, 0.1) is 11.6 Å². The molecule has 0 unspecified atom stereocenters. The summed E-state index contributed by atoms with van der Waals surface area (Å²) < 4.78 is 0. The minimum atomic E-state index is -0.749. The monoisotopic (exact) mass is 353 g/mol. The van der Waals surface area contributed by atoms with Crippen molar-refractivity contribution in [1.82, 2.24) is 10.6 Å². The Bertz CT molecular complexity index is 868. The van der Waals surface area contributed by atoms with Crippen LogP contribution in [0, 0.1) is 11.3 Å². The Morgan fingerprint density at radius 1 is 0.778 bits per heavy atom. The summed E-state index contributed by atoms with van der Waals surface area (Å²) in [6.45, 7) is 0. The molecule has 0 aliphatic carbocycles. The lowest BCUT2D eigenvalue weighted by Crippen LogP contribution is -2.71. The molecular formula is C23H19N3O. The fourth-order valence-electron chi connectivity index (χ4n) is 3.68. The van der Waals surface area contributed by atoms with E-state index in [1.165, 1.54) is 0 Å². The van der Waals surface area contributed by atoms with E-state index >= 15 is 0 Å². The highest BCUT2D eigenvalue weighted by molar-refractivity contribution is 5.90. The molecule has 2 N–H and O–H groups in total. The summed E-state index contributed by atoms with van der Waals surface area (Å²) in [7, 11) is 0. The number of nitrogens with one attached hydrogen (secondary N) is 2. The van der Waals surface area contributed by atoms with Gasteiger partial charge in [-0.05, 0) is 16.7 Å². The molecule has 3 aromatic rings. The van der Waals surface area contributed by atoms with Crippen LogP contribution in [0.5, 0.6) is 0 Å².